The fraction of sp³-hybridized carbons (Fsp3) is 0.417. The number of benzene rings is 1. The average Bonchev–Trinajstić information content (AvgIpc) is 2.97. The third-order valence-corrected chi connectivity index (χ3v) is 4.05. The molecule has 0 heterocycles. The highest BCUT2D eigenvalue weighted by Gasteiger charge is 2.43. The van der Waals surface area contributed by atoms with Crippen LogP contribution in [0.15, 0.2) is 23.1 Å². The van der Waals surface area contributed by atoms with Crippen molar-refractivity contribution in [3.05, 3.63) is 23.8 Å². The molecular formula is C12H14O3S. The maximum absolute atomic E-state index is 10.7. The van der Waals surface area contributed by atoms with E-state index in [-0.39, 0.29) is 11.2 Å². The van der Waals surface area contributed by atoms with Gasteiger partial charge < -0.3 is 9.84 Å². The van der Waals surface area contributed by atoms with Gasteiger partial charge in [0.15, 0.2) is 0 Å². The molecule has 0 saturated heterocycles. The molecule has 2 rings (SSSR count). The van der Waals surface area contributed by atoms with Gasteiger partial charge in [-0.2, -0.15) is 0 Å². The standard InChI is InChI=1S/C12H14O3S/c1-7-5-8(3-4-10(7)15-2)16-11-6-9(11)12(13)14/h3-5,9,11H,6H2,1-2H3,(H,13,14). The lowest BCUT2D eigenvalue weighted by Crippen LogP contribution is -1.99. The average molecular weight is 238 g/mol. The van der Waals surface area contributed by atoms with Crippen LogP contribution >= 0.6 is 11.8 Å². The van der Waals surface area contributed by atoms with Crippen molar-refractivity contribution in [3.8, 4) is 5.75 Å². The quantitative estimate of drug-likeness (QED) is 0.875. The van der Waals surface area contributed by atoms with Crippen LogP contribution in [0.1, 0.15) is 12.0 Å². The number of carboxylic acid groups (broad SMARTS) is 1. The molecule has 1 fully saturated rings. The summed E-state index contributed by atoms with van der Waals surface area (Å²) < 4.78 is 5.18. The number of aryl methyl sites for hydroxylation is 1. The monoisotopic (exact) mass is 238 g/mol. The zero-order valence-corrected chi connectivity index (χ0v) is 10.1. The molecule has 1 aromatic rings. The van der Waals surface area contributed by atoms with Crippen LogP contribution in [-0.4, -0.2) is 23.4 Å². The van der Waals surface area contributed by atoms with Crippen molar-refractivity contribution in [1.29, 1.82) is 0 Å². The Morgan fingerprint density at radius 3 is 2.81 bits per heavy atom. The highest BCUT2D eigenvalue weighted by molar-refractivity contribution is 8.00. The van der Waals surface area contributed by atoms with Crippen LogP contribution in [0.25, 0.3) is 0 Å². The Balaban J connectivity index is 2.01. The maximum Gasteiger partial charge on any atom is 0.307 e. The zero-order valence-electron chi connectivity index (χ0n) is 9.27. The Kier molecular flexibility index (Phi) is 3.10. The Labute approximate surface area is 98.8 Å². The van der Waals surface area contributed by atoms with Gasteiger partial charge in [0.1, 0.15) is 5.75 Å². The third-order valence-electron chi connectivity index (χ3n) is 2.70. The first-order valence-electron chi connectivity index (χ1n) is 5.16. The smallest absolute Gasteiger partial charge is 0.307 e. The first-order chi connectivity index (χ1) is 7.61. The molecule has 0 amide bonds. The first-order valence-corrected chi connectivity index (χ1v) is 6.04. The molecule has 16 heavy (non-hydrogen) atoms. The number of hydrogen-bond acceptors (Lipinski definition) is 3. The van der Waals surface area contributed by atoms with E-state index in [0.29, 0.717) is 0 Å². The van der Waals surface area contributed by atoms with Crippen LogP contribution in [0.5, 0.6) is 5.75 Å². The number of carboxylic acids is 1. The second-order valence-electron chi connectivity index (χ2n) is 3.97. The van der Waals surface area contributed by atoms with Gasteiger partial charge in [-0.15, -0.1) is 11.8 Å². The van der Waals surface area contributed by atoms with Crippen molar-refractivity contribution in [2.45, 2.75) is 23.5 Å². The van der Waals surface area contributed by atoms with Gasteiger partial charge in [0, 0.05) is 10.1 Å². The van der Waals surface area contributed by atoms with E-state index in [4.69, 9.17) is 9.84 Å². The summed E-state index contributed by atoms with van der Waals surface area (Å²) in [6.45, 7) is 1.99. The van der Waals surface area contributed by atoms with Crippen molar-refractivity contribution in [1.82, 2.24) is 0 Å². The van der Waals surface area contributed by atoms with E-state index < -0.39 is 5.97 Å². The summed E-state index contributed by atoms with van der Waals surface area (Å²) in [7, 11) is 1.65. The highest BCUT2D eigenvalue weighted by Crippen LogP contribution is 2.45. The van der Waals surface area contributed by atoms with Crippen molar-refractivity contribution < 1.29 is 14.6 Å². The third kappa shape index (κ3) is 2.32. The van der Waals surface area contributed by atoms with E-state index in [0.717, 1.165) is 22.6 Å². The summed E-state index contributed by atoms with van der Waals surface area (Å²) in [4.78, 5) is 11.8. The van der Waals surface area contributed by atoms with E-state index in [1.165, 1.54) is 0 Å². The Morgan fingerprint density at radius 1 is 1.56 bits per heavy atom. The normalized spacial score (nSPS) is 22.9. The fourth-order valence-corrected chi connectivity index (χ4v) is 2.99. The van der Waals surface area contributed by atoms with Crippen LogP contribution < -0.4 is 4.74 Å². The molecule has 1 aliphatic carbocycles. The molecule has 1 N–H and O–H groups in total. The molecular weight excluding hydrogens is 224 g/mol. The van der Waals surface area contributed by atoms with E-state index >= 15 is 0 Å². The van der Waals surface area contributed by atoms with Gasteiger partial charge in [0.25, 0.3) is 0 Å². The molecule has 3 nitrogen and oxygen atoms in total. The molecule has 0 aliphatic heterocycles. The number of carbonyl (C=O) groups is 1. The lowest BCUT2D eigenvalue weighted by atomic mass is 10.2. The molecule has 0 bridgehead atoms. The first kappa shape index (κ1) is 11.3. The summed E-state index contributed by atoms with van der Waals surface area (Å²) in [5.74, 6) is 0.0325. The number of aliphatic carboxylic acids is 1. The minimum atomic E-state index is -0.678. The van der Waals surface area contributed by atoms with E-state index in [1.807, 2.05) is 25.1 Å². The zero-order chi connectivity index (χ0) is 11.7. The second kappa shape index (κ2) is 4.37. The summed E-state index contributed by atoms with van der Waals surface area (Å²) in [5.41, 5.74) is 1.08. The van der Waals surface area contributed by atoms with E-state index in [9.17, 15) is 4.79 Å². The fourth-order valence-electron chi connectivity index (χ4n) is 1.66. The molecule has 1 aliphatic rings. The molecule has 1 saturated carbocycles. The summed E-state index contributed by atoms with van der Waals surface area (Å²) in [6, 6.07) is 5.95. The van der Waals surface area contributed by atoms with E-state index in [2.05, 4.69) is 0 Å². The van der Waals surface area contributed by atoms with Gasteiger partial charge in [0.2, 0.25) is 0 Å². The second-order valence-corrected chi connectivity index (χ2v) is 5.28. The number of rotatable bonds is 4. The number of hydrogen-bond donors (Lipinski definition) is 1. The van der Waals surface area contributed by atoms with Crippen molar-refractivity contribution in [2.24, 2.45) is 5.92 Å². The largest absolute Gasteiger partial charge is 0.496 e. The van der Waals surface area contributed by atoms with Gasteiger partial charge in [-0.25, -0.2) is 0 Å². The van der Waals surface area contributed by atoms with Crippen LogP contribution in [0.3, 0.4) is 0 Å². The molecule has 0 spiro atoms. The van der Waals surface area contributed by atoms with Crippen molar-refractivity contribution in [2.75, 3.05) is 7.11 Å². The van der Waals surface area contributed by atoms with Crippen LogP contribution in [0.2, 0.25) is 0 Å². The minimum absolute atomic E-state index is 0.160. The molecule has 2 unspecified atom stereocenters. The topological polar surface area (TPSA) is 46.5 Å². The maximum atomic E-state index is 10.7. The van der Waals surface area contributed by atoms with Gasteiger partial charge in [-0.1, -0.05) is 0 Å². The Bertz CT molecular complexity index is 417. The molecule has 2 atom stereocenters. The SMILES string of the molecule is COc1ccc(SC2CC2C(=O)O)cc1C. The van der Waals surface area contributed by atoms with Gasteiger partial charge >= 0.3 is 5.97 Å². The van der Waals surface area contributed by atoms with Crippen LogP contribution in [0.4, 0.5) is 0 Å². The van der Waals surface area contributed by atoms with Gasteiger partial charge in [-0.3, -0.25) is 4.79 Å². The van der Waals surface area contributed by atoms with Crippen molar-refractivity contribution >= 4 is 17.7 Å². The highest BCUT2D eigenvalue weighted by atomic mass is 32.2. The molecule has 1 aromatic carbocycles. The predicted molar refractivity (Wildman–Crippen MR) is 63.1 cm³/mol. The Hall–Kier alpha value is -1.16. The molecule has 86 valence electrons. The van der Waals surface area contributed by atoms with Crippen molar-refractivity contribution in [3.63, 3.8) is 0 Å². The molecule has 4 heteroatoms. The Morgan fingerprint density at radius 2 is 2.31 bits per heavy atom. The number of methoxy groups -OCH3 is 1. The van der Waals surface area contributed by atoms with Crippen LogP contribution in [0, 0.1) is 12.8 Å². The summed E-state index contributed by atoms with van der Waals surface area (Å²) in [6.07, 6.45) is 0.783. The van der Waals surface area contributed by atoms with E-state index in [1.54, 1.807) is 18.9 Å². The molecule has 0 aromatic heterocycles. The minimum Gasteiger partial charge on any atom is -0.496 e. The predicted octanol–water partition coefficient (Wildman–Crippen LogP) is 2.57. The lowest BCUT2D eigenvalue weighted by molar-refractivity contribution is -0.138. The summed E-state index contributed by atoms with van der Waals surface area (Å²) in [5, 5.41) is 9.05. The lowest BCUT2D eigenvalue weighted by Gasteiger charge is -2.06. The summed E-state index contributed by atoms with van der Waals surface area (Å²) >= 11 is 1.64. The van der Waals surface area contributed by atoms with Gasteiger partial charge in [-0.05, 0) is 37.1 Å². The number of thioether (sulfide) groups is 1. The van der Waals surface area contributed by atoms with Gasteiger partial charge in [0.05, 0.1) is 13.0 Å². The van der Waals surface area contributed by atoms with Crippen LogP contribution in [-0.2, 0) is 4.79 Å². The molecule has 0 radical (unpaired) electrons. The number of ether oxygens (including phenoxy) is 1.